The Bertz CT molecular complexity index is 980. The maximum absolute atomic E-state index is 12.7. The van der Waals surface area contributed by atoms with Gasteiger partial charge in [0.2, 0.25) is 0 Å². The van der Waals surface area contributed by atoms with Gasteiger partial charge in [-0.2, -0.15) is 0 Å². The van der Waals surface area contributed by atoms with Crippen LogP contribution in [0.25, 0.3) is 0 Å². The number of quaternary nitrogens is 1. The zero-order valence-electron chi connectivity index (χ0n) is 35.7. The lowest BCUT2D eigenvalue weighted by molar-refractivity contribution is -0.870. The highest BCUT2D eigenvalue weighted by Gasteiger charge is 2.21. The van der Waals surface area contributed by atoms with E-state index in [1.807, 2.05) is 21.1 Å². The largest absolute Gasteiger partial charge is 0.756 e. The maximum atomic E-state index is 12.7. The summed E-state index contributed by atoms with van der Waals surface area (Å²) in [6.45, 7) is 4.20. The van der Waals surface area contributed by atoms with Crippen LogP contribution in [0.4, 0.5) is 0 Å². The number of carbonyl (C=O) groups excluding carboxylic acids is 2. The summed E-state index contributed by atoms with van der Waals surface area (Å²) in [6, 6.07) is 0. The van der Waals surface area contributed by atoms with Crippen molar-refractivity contribution >= 4 is 19.8 Å². The summed E-state index contributed by atoms with van der Waals surface area (Å²) in [5.74, 6) is -0.846. The molecule has 10 heteroatoms. The molecular formula is C44H84NO8P. The van der Waals surface area contributed by atoms with Crippen molar-refractivity contribution in [2.75, 3.05) is 47.5 Å². The molecule has 0 aliphatic heterocycles. The van der Waals surface area contributed by atoms with E-state index >= 15 is 0 Å². The minimum atomic E-state index is -4.62. The van der Waals surface area contributed by atoms with Gasteiger partial charge in [-0.25, -0.2) is 0 Å². The molecule has 318 valence electrons. The fraction of sp³-hybridized carbons (Fsp3) is 0.864. The van der Waals surface area contributed by atoms with Gasteiger partial charge < -0.3 is 27.9 Å². The number of hydrogen-bond acceptors (Lipinski definition) is 8. The summed E-state index contributed by atoms with van der Waals surface area (Å²) < 4.78 is 33.9. The topological polar surface area (TPSA) is 111 Å². The van der Waals surface area contributed by atoms with Crippen molar-refractivity contribution in [3.63, 3.8) is 0 Å². The molecule has 0 aliphatic carbocycles. The van der Waals surface area contributed by atoms with Crippen LogP contribution in [0.2, 0.25) is 0 Å². The molecule has 0 bridgehead atoms. The van der Waals surface area contributed by atoms with Gasteiger partial charge in [0.25, 0.3) is 7.82 Å². The molecule has 0 spiro atoms. The third-order valence-corrected chi connectivity index (χ3v) is 10.4. The van der Waals surface area contributed by atoms with E-state index in [1.54, 1.807) is 0 Å². The molecule has 0 heterocycles. The molecule has 2 atom stereocenters. The second kappa shape index (κ2) is 37.1. The number of nitrogens with zero attached hydrogens (tertiary/aromatic N) is 1. The minimum Gasteiger partial charge on any atom is -0.756 e. The molecule has 1 unspecified atom stereocenters. The second-order valence-corrected chi connectivity index (χ2v) is 17.5. The zero-order valence-corrected chi connectivity index (χ0v) is 36.6. The Morgan fingerprint density at radius 2 is 0.944 bits per heavy atom. The van der Waals surface area contributed by atoms with Crippen LogP contribution in [0.15, 0.2) is 24.3 Å². The Balaban J connectivity index is 4.37. The summed E-state index contributed by atoms with van der Waals surface area (Å²) in [6.07, 6.45) is 39.1. The Morgan fingerprint density at radius 1 is 0.556 bits per heavy atom. The van der Waals surface area contributed by atoms with Gasteiger partial charge in [0, 0.05) is 12.8 Å². The highest BCUT2D eigenvalue weighted by molar-refractivity contribution is 7.45. The molecule has 9 nitrogen and oxygen atoms in total. The van der Waals surface area contributed by atoms with Crippen molar-refractivity contribution in [3.8, 4) is 0 Å². The summed E-state index contributed by atoms with van der Waals surface area (Å²) in [7, 11) is 1.16. The Hall–Kier alpha value is -1.51. The minimum absolute atomic E-state index is 0.0319. The van der Waals surface area contributed by atoms with E-state index in [4.69, 9.17) is 18.5 Å². The average Bonchev–Trinajstić information content (AvgIpc) is 3.12. The molecule has 0 radical (unpaired) electrons. The highest BCUT2D eigenvalue weighted by atomic mass is 31.2. The summed E-state index contributed by atoms with van der Waals surface area (Å²) in [5, 5.41) is 0. The highest BCUT2D eigenvalue weighted by Crippen LogP contribution is 2.38. The van der Waals surface area contributed by atoms with E-state index in [0.29, 0.717) is 17.4 Å². The molecule has 0 rings (SSSR count). The Labute approximate surface area is 332 Å². The van der Waals surface area contributed by atoms with Gasteiger partial charge in [-0.15, -0.1) is 0 Å². The summed E-state index contributed by atoms with van der Waals surface area (Å²) in [4.78, 5) is 37.5. The lowest BCUT2D eigenvalue weighted by Gasteiger charge is -2.28. The standard InChI is InChI=1S/C44H84NO8P/c1-6-8-10-12-14-16-18-20-22-24-26-28-30-32-34-36-43(46)50-40-42(41-52-54(48,49)51-39-38-45(3,4)5)53-44(47)37-35-33-31-29-27-25-23-21-19-17-15-13-11-9-7-2/h16,18,21,23,42H,6-15,17,19-20,22,24-41H2,1-5H3/b18-16+,23-21+/t42-/m1/s1. The summed E-state index contributed by atoms with van der Waals surface area (Å²) >= 11 is 0. The molecule has 54 heavy (non-hydrogen) atoms. The molecule has 0 fully saturated rings. The van der Waals surface area contributed by atoms with Gasteiger partial charge in [0.1, 0.15) is 19.8 Å². The predicted octanol–water partition coefficient (Wildman–Crippen LogP) is 11.7. The van der Waals surface area contributed by atoms with Crippen LogP contribution in [0.1, 0.15) is 194 Å². The van der Waals surface area contributed by atoms with Crippen LogP contribution in [0.5, 0.6) is 0 Å². The van der Waals surface area contributed by atoms with Crippen molar-refractivity contribution in [3.05, 3.63) is 24.3 Å². The van der Waals surface area contributed by atoms with Gasteiger partial charge >= 0.3 is 11.9 Å². The molecule has 0 saturated heterocycles. The number of phosphoric ester groups is 1. The fourth-order valence-electron chi connectivity index (χ4n) is 5.94. The van der Waals surface area contributed by atoms with Crippen molar-refractivity contribution in [1.29, 1.82) is 0 Å². The Kier molecular flexibility index (Phi) is 36.1. The van der Waals surface area contributed by atoms with E-state index in [9.17, 15) is 19.0 Å². The zero-order chi connectivity index (χ0) is 40.0. The first-order valence-corrected chi connectivity index (χ1v) is 23.5. The van der Waals surface area contributed by atoms with Crippen LogP contribution < -0.4 is 4.89 Å². The first kappa shape index (κ1) is 52.5. The molecule has 0 aromatic carbocycles. The number of allylic oxidation sites excluding steroid dienone is 4. The monoisotopic (exact) mass is 786 g/mol. The van der Waals surface area contributed by atoms with Crippen LogP contribution in [0.3, 0.4) is 0 Å². The molecule has 0 amide bonds. The fourth-order valence-corrected chi connectivity index (χ4v) is 6.67. The second-order valence-electron chi connectivity index (χ2n) is 16.1. The van der Waals surface area contributed by atoms with Crippen LogP contribution >= 0.6 is 7.82 Å². The number of ether oxygens (including phenoxy) is 2. The van der Waals surface area contributed by atoms with Gasteiger partial charge in [-0.3, -0.25) is 14.2 Å². The van der Waals surface area contributed by atoms with Crippen molar-refractivity contribution in [2.24, 2.45) is 0 Å². The third kappa shape index (κ3) is 40.2. The molecule has 0 aliphatic rings. The van der Waals surface area contributed by atoms with Crippen molar-refractivity contribution in [1.82, 2.24) is 0 Å². The lowest BCUT2D eigenvalue weighted by Crippen LogP contribution is -2.37. The van der Waals surface area contributed by atoms with E-state index in [2.05, 4.69) is 38.2 Å². The van der Waals surface area contributed by atoms with Gasteiger partial charge in [0.05, 0.1) is 27.7 Å². The smallest absolute Gasteiger partial charge is 0.306 e. The average molecular weight is 786 g/mol. The SMILES string of the molecule is CCCCCC/C=C/CCCCCCCCCC(=O)OC[C@H](COP(=O)([O-])OCC[N+](C)(C)C)OC(=O)CCCCCCC/C=C/CCCCCCCC. The first-order chi connectivity index (χ1) is 26.0. The van der Waals surface area contributed by atoms with E-state index < -0.39 is 26.5 Å². The van der Waals surface area contributed by atoms with Gasteiger partial charge in [-0.1, -0.05) is 141 Å². The maximum Gasteiger partial charge on any atom is 0.306 e. The van der Waals surface area contributed by atoms with Crippen LogP contribution in [-0.4, -0.2) is 70.0 Å². The number of likely N-dealkylation sites (N-methyl/N-ethyl adjacent to an activating group) is 1. The van der Waals surface area contributed by atoms with Gasteiger partial charge in [-0.05, 0) is 64.2 Å². The van der Waals surface area contributed by atoms with E-state index in [-0.39, 0.29) is 32.0 Å². The quantitative estimate of drug-likeness (QED) is 0.0198. The number of unbranched alkanes of at least 4 members (excludes halogenated alkanes) is 22. The molecular weight excluding hydrogens is 701 g/mol. The number of phosphoric acid groups is 1. The molecule has 0 aromatic rings. The predicted molar refractivity (Wildman–Crippen MR) is 222 cm³/mol. The number of esters is 2. The first-order valence-electron chi connectivity index (χ1n) is 22.0. The van der Waals surface area contributed by atoms with Crippen molar-refractivity contribution < 1.29 is 42.1 Å². The molecule has 0 saturated carbocycles. The normalized spacial score (nSPS) is 13.8. The summed E-state index contributed by atoms with van der Waals surface area (Å²) in [5.41, 5.74) is 0. The molecule has 0 aromatic heterocycles. The van der Waals surface area contributed by atoms with Crippen molar-refractivity contribution in [2.45, 2.75) is 200 Å². The lowest BCUT2D eigenvalue weighted by atomic mass is 10.1. The number of hydrogen-bond donors (Lipinski definition) is 0. The Morgan fingerprint density at radius 3 is 1.39 bits per heavy atom. The van der Waals surface area contributed by atoms with E-state index in [0.717, 1.165) is 64.2 Å². The van der Waals surface area contributed by atoms with Crippen LogP contribution in [0, 0.1) is 0 Å². The van der Waals surface area contributed by atoms with Crippen LogP contribution in [-0.2, 0) is 32.7 Å². The molecule has 0 N–H and O–H groups in total. The van der Waals surface area contributed by atoms with E-state index in [1.165, 1.54) is 96.3 Å². The number of carbonyl (C=O) groups is 2. The van der Waals surface area contributed by atoms with Gasteiger partial charge in [0.15, 0.2) is 6.10 Å². The number of rotatable bonds is 40. The third-order valence-electron chi connectivity index (χ3n) is 9.44.